The molecular formula is C20H18N6O3. The van der Waals surface area contributed by atoms with Crippen molar-refractivity contribution in [1.29, 1.82) is 0 Å². The molecule has 0 bridgehead atoms. The molecule has 0 radical (unpaired) electrons. The highest BCUT2D eigenvalue weighted by atomic mass is 16.5. The molecule has 0 aliphatic carbocycles. The highest BCUT2D eigenvalue weighted by molar-refractivity contribution is 5.96. The lowest BCUT2D eigenvalue weighted by Crippen LogP contribution is -2.19. The van der Waals surface area contributed by atoms with Crippen LogP contribution in [0.2, 0.25) is 0 Å². The maximum absolute atomic E-state index is 12.4. The second-order valence-corrected chi connectivity index (χ2v) is 6.42. The molecule has 9 heteroatoms. The molecule has 29 heavy (non-hydrogen) atoms. The summed E-state index contributed by atoms with van der Waals surface area (Å²) in [6.07, 6.45) is 0.980. The van der Waals surface area contributed by atoms with E-state index in [1.54, 1.807) is 18.2 Å². The zero-order chi connectivity index (χ0) is 20.2. The Hall–Kier alpha value is -4.01. The number of hydrogen-bond acceptors (Lipinski definition) is 8. The summed E-state index contributed by atoms with van der Waals surface area (Å²) in [5.74, 6) is -0.0239. The minimum Gasteiger partial charge on any atom is -0.454 e. The summed E-state index contributed by atoms with van der Waals surface area (Å²) in [5, 5.41) is 5.80. The van der Waals surface area contributed by atoms with Crippen LogP contribution in [-0.2, 0) is 22.6 Å². The smallest absolute Gasteiger partial charge is 0.338 e. The Morgan fingerprint density at radius 1 is 1.10 bits per heavy atom. The number of nitrogens with two attached hydrogens (primary N) is 1. The topological polar surface area (TPSA) is 132 Å². The Morgan fingerprint density at radius 3 is 2.76 bits per heavy atom. The Bertz CT molecular complexity index is 1070. The van der Waals surface area contributed by atoms with E-state index in [1.807, 2.05) is 30.3 Å². The highest BCUT2D eigenvalue weighted by Gasteiger charge is 2.17. The Labute approximate surface area is 166 Å². The van der Waals surface area contributed by atoms with Crippen LogP contribution in [0.5, 0.6) is 0 Å². The molecule has 0 atom stereocenters. The number of ether oxygens (including phenoxy) is 1. The lowest BCUT2D eigenvalue weighted by atomic mass is 10.0. The molecule has 0 unspecified atom stereocenters. The number of amides is 1. The van der Waals surface area contributed by atoms with Crippen LogP contribution in [0.1, 0.15) is 28.2 Å². The number of esters is 1. The zero-order valence-corrected chi connectivity index (χ0v) is 15.4. The Balaban J connectivity index is 1.43. The fraction of sp³-hybridized carbons (Fsp3) is 0.150. The third-order valence-electron chi connectivity index (χ3n) is 4.30. The molecule has 9 nitrogen and oxygen atoms in total. The van der Waals surface area contributed by atoms with Crippen molar-refractivity contribution in [2.45, 2.75) is 19.4 Å². The quantitative estimate of drug-likeness (QED) is 0.566. The lowest BCUT2D eigenvalue weighted by Gasteiger charge is -2.17. The molecule has 0 saturated heterocycles. The van der Waals surface area contributed by atoms with Gasteiger partial charge >= 0.3 is 5.97 Å². The average molecular weight is 390 g/mol. The molecule has 0 saturated carbocycles. The number of hydrogen-bond donors (Lipinski definition) is 3. The molecule has 1 aromatic heterocycles. The molecular weight excluding hydrogens is 372 g/mol. The normalized spacial score (nSPS) is 12.6. The number of nitrogens with zero attached hydrogens (tertiary/aromatic N) is 3. The van der Waals surface area contributed by atoms with Gasteiger partial charge in [-0.3, -0.25) is 4.79 Å². The Morgan fingerprint density at radius 2 is 1.93 bits per heavy atom. The molecule has 4 N–H and O–H groups in total. The fourth-order valence-electron chi connectivity index (χ4n) is 2.93. The van der Waals surface area contributed by atoms with Crippen LogP contribution in [-0.4, -0.2) is 26.8 Å². The number of fused-ring (bicyclic) bond motifs is 1. The molecule has 2 aromatic carbocycles. The van der Waals surface area contributed by atoms with Crippen molar-refractivity contribution < 1.29 is 14.3 Å². The van der Waals surface area contributed by atoms with Crippen molar-refractivity contribution in [3.05, 3.63) is 65.5 Å². The predicted octanol–water partition coefficient (Wildman–Crippen LogP) is 2.44. The van der Waals surface area contributed by atoms with E-state index in [-0.39, 0.29) is 30.2 Å². The second kappa shape index (κ2) is 7.93. The predicted molar refractivity (Wildman–Crippen MR) is 106 cm³/mol. The van der Waals surface area contributed by atoms with Gasteiger partial charge in [-0.1, -0.05) is 18.2 Å². The van der Waals surface area contributed by atoms with Gasteiger partial charge in [-0.25, -0.2) is 4.79 Å². The summed E-state index contributed by atoms with van der Waals surface area (Å²) in [6.45, 7) is -0.150. The number of para-hydroxylation sites is 1. The standard InChI is InChI=1S/C20H18N6O3/c21-19-24-16(25-20(26-19)22-14-4-2-1-3-5-14)11-29-18(28)13-6-8-15-12(10-13)7-9-17(27)23-15/h1-6,8,10H,7,9,11H2,(H,23,27)(H3,21,22,24,25,26). The van der Waals surface area contributed by atoms with Crippen molar-refractivity contribution >= 4 is 35.1 Å². The molecule has 2 heterocycles. The molecule has 1 aliphatic rings. The number of rotatable bonds is 5. The fourth-order valence-corrected chi connectivity index (χ4v) is 2.93. The maximum Gasteiger partial charge on any atom is 0.338 e. The van der Waals surface area contributed by atoms with Crippen molar-refractivity contribution in [3.8, 4) is 0 Å². The summed E-state index contributed by atoms with van der Waals surface area (Å²) in [7, 11) is 0. The van der Waals surface area contributed by atoms with Crippen molar-refractivity contribution in [2.75, 3.05) is 16.4 Å². The molecule has 0 spiro atoms. The van der Waals surface area contributed by atoms with E-state index < -0.39 is 5.97 Å². The van der Waals surface area contributed by atoms with Gasteiger partial charge in [0.15, 0.2) is 12.4 Å². The number of aryl methyl sites for hydroxylation is 1. The number of nitrogen functional groups attached to an aromatic ring is 1. The first kappa shape index (κ1) is 18.4. The van der Waals surface area contributed by atoms with Gasteiger partial charge in [0.25, 0.3) is 0 Å². The van der Waals surface area contributed by atoms with Crippen molar-refractivity contribution in [2.24, 2.45) is 0 Å². The number of anilines is 4. The van der Waals surface area contributed by atoms with Gasteiger partial charge in [0.05, 0.1) is 5.56 Å². The molecule has 4 rings (SSSR count). The van der Waals surface area contributed by atoms with Crippen LogP contribution < -0.4 is 16.4 Å². The van der Waals surface area contributed by atoms with Gasteiger partial charge in [0.1, 0.15) is 0 Å². The van der Waals surface area contributed by atoms with Crippen molar-refractivity contribution in [3.63, 3.8) is 0 Å². The average Bonchev–Trinajstić information content (AvgIpc) is 2.72. The van der Waals surface area contributed by atoms with E-state index in [9.17, 15) is 9.59 Å². The molecule has 146 valence electrons. The zero-order valence-electron chi connectivity index (χ0n) is 15.4. The largest absolute Gasteiger partial charge is 0.454 e. The summed E-state index contributed by atoms with van der Waals surface area (Å²) in [6, 6.07) is 14.4. The monoisotopic (exact) mass is 390 g/mol. The minimum atomic E-state index is -0.513. The van der Waals surface area contributed by atoms with Crippen LogP contribution in [0.4, 0.5) is 23.3 Å². The number of carbonyl (C=O) groups excluding carboxylic acids is 2. The maximum atomic E-state index is 12.4. The van der Waals surface area contributed by atoms with E-state index in [0.29, 0.717) is 18.4 Å². The number of aromatic nitrogens is 3. The van der Waals surface area contributed by atoms with Gasteiger partial charge in [-0.05, 0) is 42.3 Å². The van der Waals surface area contributed by atoms with E-state index >= 15 is 0 Å². The van der Waals surface area contributed by atoms with Crippen LogP contribution in [0.25, 0.3) is 0 Å². The lowest BCUT2D eigenvalue weighted by molar-refractivity contribution is -0.116. The first-order valence-corrected chi connectivity index (χ1v) is 8.99. The van der Waals surface area contributed by atoms with Crippen LogP contribution >= 0.6 is 0 Å². The molecule has 1 amide bonds. The van der Waals surface area contributed by atoms with Crippen LogP contribution in [0.15, 0.2) is 48.5 Å². The van der Waals surface area contributed by atoms with Gasteiger partial charge < -0.3 is 21.1 Å². The third kappa shape index (κ3) is 4.46. The van der Waals surface area contributed by atoms with E-state index in [4.69, 9.17) is 10.5 Å². The molecule has 3 aromatic rings. The first-order valence-electron chi connectivity index (χ1n) is 8.99. The van der Waals surface area contributed by atoms with Crippen molar-refractivity contribution in [1.82, 2.24) is 15.0 Å². The molecule has 1 aliphatic heterocycles. The number of benzene rings is 2. The van der Waals surface area contributed by atoms with Crippen LogP contribution in [0.3, 0.4) is 0 Å². The van der Waals surface area contributed by atoms with Crippen LogP contribution in [0, 0.1) is 0 Å². The third-order valence-corrected chi connectivity index (χ3v) is 4.30. The van der Waals surface area contributed by atoms with E-state index in [0.717, 1.165) is 16.9 Å². The van der Waals surface area contributed by atoms with Gasteiger partial charge in [0, 0.05) is 17.8 Å². The Kier molecular flexibility index (Phi) is 5.02. The SMILES string of the molecule is Nc1nc(COC(=O)c2ccc3c(c2)CCC(=O)N3)nc(Nc2ccccc2)n1. The van der Waals surface area contributed by atoms with Gasteiger partial charge in [-0.2, -0.15) is 15.0 Å². The summed E-state index contributed by atoms with van der Waals surface area (Å²) in [5.41, 5.74) is 8.55. The van der Waals surface area contributed by atoms with E-state index in [2.05, 4.69) is 25.6 Å². The highest BCUT2D eigenvalue weighted by Crippen LogP contribution is 2.24. The first-order chi connectivity index (χ1) is 14.1. The summed E-state index contributed by atoms with van der Waals surface area (Å²) >= 11 is 0. The van der Waals surface area contributed by atoms with E-state index in [1.165, 1.54) is 0 Å². The summed E-state index contributed by atoms with van der Waals surface area (Å²) in [4.78, 5) is 36.1. The minimum absolute atomic E-state index is 0.0222. The van der Waals surface area contributed by atoms with Gasteiger partial charge in [0.2, 0.25) is 17.8 Å². The molecule has 0 fully saturated rings. The number of nitrogens with one attached hydrogen (secondary N) is 2. The van der Waals surface area contributed by atoms with Gasteiger partial charge in [-0.15, -0.1) is 0 Å². The second-order valence-electron chi connectivity index (χ2n) is 6.42. The number of carbonyl (C=O) groups is 2. The summed E-state index contributed by atoms with van der Waals surface area (Å²) < 4.78 is 5.32.